The van der Waals surface area contributed by atoms with Crippen molar-refractivity contribution >= 4 is 51.7 Å². The first-order valence-corrected chi connectivity index (χ1v) is 11.0. The van der Waals surface area contributed by atoms with Gasteiger partial charge in [0.15, 0.2) is 0 Å². The molecule has 166 valence electrons. The molecule has 5 rings (SSSR count). The van der Waals surface area contributed by atoms with Crippen LogP contribution in [-0.2, 0) is 6.54 Å². The molecule has 1 amide bonds. The summed E-state index contributed by atoms with van der Waals surface area (Å²) in [6.07, 6.45) is 3.01. The predicted molar refractivity (Wildman–Crippen MR) is 134 cm³/mol. The molecule has 4 N–H and O–H groups in total. The molecule has 0 radical (unpaired) electrons. The highest BCUT2D eigenvalue weighted by Crippen LogP contribution is 2.30. The Morgan fingerprint density at radius 1 is 1.06 bits per heavy atom. The van der Waals surface area contributed by atoms with Gasteiger partial charge in [-0.25, -0.2) is 4.79 Å². The lowest BCUT2D eigenvalue weighted by molar-refractivity contribution is 0.210. The number of carboxylic acid groups (broad SMARTS) is 1. The van der Waals surface area contributed by atoms with E-state index in [1.165, 1.54) is 22.0 Å². The standard InChI is InChI=1S/C26H23ClN4O2/c27-22-13-21(29-23-3-1-2-4-24(23)30-26(32)33)8-7-20(22)11-18-15-31(16-18)14-17-5-6-19-9-10-28-25(19)12-17/h1-13,28-30H,14-16H2,(H,32,33). The molecule has 1 fully saturated rings. The third-order valence-electron chi connectivity index (χ3n) is 5.69. The van der Waals surface area contributed by atoms with Crippen LogP contribution in [0.2, 0.25) is 5.02 Å². The number of aromatic amines is 1. The quantitative estimate of drug-likeness (QED) is 0.264. The first-order valence-electron chi connectivity index (χ1n) is 10.7. The van der Waals surface area contributed by atoms with Gasteiger partial charge in [0.05, 0.1) is 11.4 Å². The number of fused-ring (bicyclic) bond motifs is 1. The fourth-order valence-electron chi connectivity index (χ4n) is 4.10. The molecule has 6 nitrogen and oxygen atoms in total. The van der Waals surface area contributed by atoms with Gasteiger partial charge in [0.1, 0.15) is 0 Å². The van der Waals surface area contributed by atoms with Gasteiger partial charge in [0, 0.05) is 42.1 Å². The van der Waals surface area contributed by atoms with E-state index in [-0.39, 0.29) is 0 Å². The summed E-state index contributed by atoms with van der Waals surface area (Å²) in [6, 6.07) is 21.5. The van der Waals surface area contributed by atoms with Crippen molar-refractivity contribution in [2.24, 2.45) is 0 Å². The van der Waals surface area contributed by atoms with Gasteiger partial charge in [-0.05, 0) is 58.5 Å². The van der Waals surface area contributed by atoms with E-state index in [2.05, 4.69) is 50.9 Å². The Balaban J connectivity index is 1.22. The molecule has 3 aromatic carbocycles. The third-order valence-corrected chi connectivity index (χ3v) is 6.01. The Morgan fingerprint density at radius 2 is 1.88 bits per heavy atom. The van der Waals surface area contributed by atoms with E-state index < -0.39 is 6.09 Å². The van der Waals surface area contributed by atoms with E-state index in [0.717, 1.165) is 30.9 Å². The number of halogens is 1. The van der Waals surface area contributed by atoms with Gasteiger partial charge in [-0.2, -0.15) is 0 Å². The molecule has 4 aromatic rings. The van der Waals surface area contributed by atoms with E-state index >= 15 is 0 Å². The van der Waals surface area contributed by atoms with Crippen molar-refractivity contribution < 1.29 is 9.90 Å². The zero-order valence-corrected chi connectivity index (χ0v) is 18.6. The first kappa shape index (κ1) is 21.1. The van der Waals surface area contributed by atoms with Crippen LogP contribution >= 0.6 is 11.6 Å². The van der Waals surface area contributed by atoms with Crippen LogP contribution in [0.15, 0.2) is 78.5 Å². The summed E-state index contributed by atoms with van der Waals surface area (Å²) in [4.78, 5) is 16.7. The zero-order chi connectivity index (χ0) is 22.8. The van der Waals surface area contributed by atoms with E-state index in [1.54, 1.807) is 12.1 Å². The average Bonchev–Trinajstić information content (AvgIpc) is 3.23. The lowest BCUT2D eigenvalue weighted by Gasteiger charge is -2.34. The molecule has 1 aliphatic heterocycles. The van der Waals surface area contributed by atoms with Crippen molar-refractivity contribution in [3.05, 3.63) is 94.6 Å². The number of hydrogen-bond donors (Lipinski definition) is 4. The van der Waals surface area contributed by atoms with Crippen molar-refractivity contribution in [3.8, 4) is 0 Å². The second kappa shape index (κ2) is 9.02. The molecule has 7 heteroatoms. The third kappa shape index (κ3) is 4.87. The fraction of sp³-hybridized carbons (Fsp3) is 0.115. The van der Waals surface area contributed by atoms with Gasteiger partial charge in [-0.3, -0.25) is 10.2 Å². The molecule has 0 saturated carbocycles. The Hall–Kier alpha value is -3.74. The molecule has 1 aromatic heterocycles. The van der Waals surface area contributed by atoms with E-state index in [1.807, 2.05) is 36.5 Å². The number of para-hydroxylation sites is 2. The summed E-state index contributed by atoms with van der Waals surface area (Å²) >= 11 is 6.54. The predicted octanol–water partition coefficient (Wildman–Crippen LogP) is 6.55. The van der Waals surface area contributed by atoms with Gasteiger partial charge in [-0.15, -0.1) is 0 Å². The second-order valence-corrected chi connectivity index (χ2v) is 8.59. The number of H-pyrrole nitrogens is 1. The molecule has 1 aliphatic rings. The van der Waals surface area contributed by atoms with Crippen molar-refractivity contribution in [3.63, 3.8) is 0 Å². The highest BCUT2D eigenvalue weighted by atomic mass is 35.5. The van der Waals surface area contributed by atoms with Crippen molar-refractivity contribution in [2.45, 2.75) is 6.54 Å². The van der Waals surface area contributed by atoms with Crippen LogP contribution in [0.25, 0.3) is 17.0 Å². The molecular formula is C26H23ClN4O2. The largest absolute Gasteiger partial charge is 0.465 e. The highest BCUT2D eigenvalue weighted by Gasteiger charge is 2.20. The maximum atomic E-state index is 11.0. The number of nitrogens with one attached hydrogen (secondary N) is 3. The molecule has 0 bridgehead atoms. The van der Waals surface area contributed by atoms with Crippen molar-refractivity contribution in [1.29, 1.82) is 0 Å². The smallest absolute Gasteiger partial charge is 0.409 e. The highest BCUT2D eigenvalue weighted by molar-refractivity contribution is 6.32. The van der Waals surface area contributed by atoms with E-state index in [9.17, 15) is 4.79 Å². The normalized spacial score (nSPS) is 13.5. The second-order valence-electron chi connectivity index (χ2n) is 8.18. The van der Waals surface area contributed by atoms with Crippen LogP contribution in [0.4, 0.5) is 21.9 Å². The van der Waals surface area contributed by atoms with Crippen LogP contribution in [-0.4, -0.2) is 34.2 Å². The first-order chi connectivity index (χ1) is 16.0. The summed E-state index contributed by atoms with van der Waals surface area (Å²) in [5.74, 6) is 0. The summed E-state index contributed by atoms with van der Waals surface area (Å²) < 4.78 is 0. The molecule has 0 aliphatic carbocycles. The number of hydrogen-bond acceptors (Lipinski definition) is 3. The zero-order valence-electron chi connectivity index (χ0n) is 17.8. The molecular weight excluding hydrogens is 436 g/mol. The maximum absolute atomic E-state index is 11.0. The number of amides is 1. The molecule has 0 spiro atoms. The summed E-state index contributed by atoms with van der Waals surface area (Å²) in [7, 11) is 0. The number of aromatic nitrogens is 1. The molecule has 0 unspecified atom stereocenters. The topological polar surface area (TPSA) is 80.4 Å². The molecule has 0 atom stereocenters. The number of rotatable bonds is 6. The van der Waals surface area contributed by atoms with Crippen LogP contribution in [0.3, 0.4) is 0 Å². The van der Waals surface area contributed by atoms with Gasteiger partial charge in [-0.1, -0.05) is 48.0 Å². The number of likely N-dealkylation sites (tertiary alicyclic amines) is 1. The van der Waals surface area contributed by atoms with Crippen molar-refractivity contribution in [2.75, 3.05) is 23.7 Å². The Bertz CT molecular complexity index is 1350. The Kier molecular flexibility index (Phi) is 5.77. The number of anilines is 3. The minimum atomic E-state index is -1.11. The minimum absolute atomic E-state index is 0.484. The summed E-state index contributed by atoms with van der Waals surface area (Å²) in [6.45, 7) is 2.77. The molecule has 1 saturated heterocycles. The van der Waals surface area contributed by atoms with Crippen LogP contribution in [0, 0.1) is 0 Å². The average molecular weight is 459 g/mol. The molecule has 33 heavy (non-hydrogen) atoms. The van der Waals surface area contributed by atoms with Crippen LogP contribution in [0.1, 0.15) is 11.1 Å². The number of benzene rings is 3. The lowest BCUT2D eigenvalue weighted by atomic mass is 10.0. The summed E-state index contributed by atoms with van der Waals surface area (Å²) in [5.41, 5.74) is 6.72. The number of carbonyl (C=O) groups is 1. The summed E-state index contributed by atoms with van der Waals surface area (Å²) in [5, 5.41) is 16.5. The Morgan fingerprint density at radius 3 is 2.67 bits per heavy atom. The Labute approximate surface area is 196 Å². The minimum Gasteiger partial charge on any atom is -0.465 e. The number of nitrogens with zero attached hydrogens (tertiary/aromatic N) is 1. The van der Waals surface area contributed by atoms with E-state index in [4.69, 9.17) is 16.7 Å². The monoisotopic (exact) mass is 458 g/mol. The molecule has 2 heterocycles. The SMILES string of the molecule is O=C(O)Nc1ccccc1Nc1ccc(C=C2CN(Cc3ccc4cc[nH]c4c3)C2)c(Cl)c1. The van der Waals surface area contributed by atoms with Gasteiger partial charge in [0.2, 0.25) is 0 Å². The van der Waals surface area contributed by atoms with Crippen LogP contribution < -0.4 is 10.6 Å². The van der Waals surface area contributed by atoms with E-state index in [0.29, 0.717) is 16.4 Å². The van der Waals surface area contributed by atoms with Gasteiger partial charge >= 0.3 is 6.09 Å². The van der Waals surface area contributed by atoms with Crippen LogP contribution in [0.5, 0.6) is 0 Å². The maximum Gasteiger partial charge on any atom is 0.409 e. The lowest BCUT2D eigenvalue weighted by Crippen LogP contribution is -2.39. The van der Waals surface area contributed by atoms with Gasteiger partial charge < -0.3 is 15.4 Å². The van der Waals surface area contributed by atoms with Crippen molar-refractivity contribution in [1.82, 2.24) is 9.88 Å². The van der Waals surface area contributed by atoms with Gasteiger partial charge in [0.25, 0.3) is 0 Å². The fourth-order valence-corrected chi connectivity index (χ4v) is 4.33.